The molecule has 98 valence electrons. The van der Waals surface area contributed by atoms with E-state index in [2.05, 4.69) is 39.4 Å². The number of anilines is 1. The van der Waals surface area contributed by atoms with Gasteiger partial charge < -0.3 is 10.1 Å². The molecule has 0 amide bonds. The quantitative estimate of drug-likeness (QED) is 0.906. The summed E-state index contributed by atoms with van der Waals surface area (Å²) in [7, 11) is 0. The molecular weight excluding hydrogens is 302 g/mol. The molecule has 1 N–H and O–H groups in total. The Kier molecular flexibility index (Phi) is 3.74. The van der Waals surface area contributed by atoms with E-state index < -0.39 is 0 Å². The Bertz CT molecular complexity index is 583. The molecule has 2 aromatic carbocycles. The number of fused-ring (bicyclic) bond motifs is 1. The van der Waals surface area contributed by atoms with Crippen LogP contribution in [0.4, 0.5) is 5.69 Å². The molecule has 3 rings (SSSR count). The lowest BCUT2D eigenvalue weighted by Crippen LogP contribution is -2.12. The predicted octanol–water partition coefficient (Wildman–Crippen LogP) is 4.39. The van der Waals surface area contributed by atoms with Crippen molar-refractivity contribution in [2.75, 3.05) is 11.9 Å². The first kappa shape index (κ1) is 12.5. The molecule has 0 radical (unpaired) electrons. The molecule has 0 aliphatic carbocycles. The Labute approximate surface area is 121 Å². The highest BCUT2D eigenvalue weighted by Gasteiger charge is 2.09. The Balaban J connectivity index is 1.72. The molecule has 1 aliphatic heterocycles. The maximum atomic E-state index is 5.85. The van der Waals surface area contributed by atoms with Gasteiger partial charge in [-0.3, -0.25) is 0 Å². The largest absolute Gasteiger partial charge is 0.488 e. The number of hydrogen-bond donors (Lipinski definition) is 1. The maximum absolute atomic E-state index is 5.85. The molecule has 0 fully saturated rings. The maximum Gasteiger partial charge on any atom is 0.133 e. The van der Waals surface area contributed by atoms with Crippen LogP contribution in [0.25, 0.3) is 0 Å². The van der Waals surface area contributed by atoms with Gasteiger partial charge in [0.2, 0.25) is 0 Å². The van der Waals surface area contributed by atoms with E-state index in [-0.39, 0.29) is 0 Å². The molecular formula is C16H16BrNO. The zero-order chi connectivity index (χ0) is 13.1. The zero-order valence-corrected chi connectivity index (χ0v) is 12.2. The van der Waals surface area contributed by atoms with E-state index in [0.717, 1.165) is 23.2 Å². The summed E-state index contributed by atoms with van der Waals surface area (Å²) in [5.74, 6) is 0.887. The second-order valence-corrected chi connectivity index (χ2v) is 5.60. The fraction of sp³-hybridized carbons (Fsp3) is 0.250. The Morgan fingerprint density at radius 3 is 2.95 bits per heavy atom. The summed E-state index contributed by atoms with van der Waals surface area (Å²) in [6.45, 7) is 1.69. The highest BCUT2D eigenvalue weighted by molar-refractivity contribution is 9.10. The lowest BCUT2D eigenvalue weighted by molar-refractivity contribution is 0.304. The second-order valence-electron chi connectivity index (χ2n) is 4.74. The summed E-state index contributed by atoms with van der Waals surface area (Å²) in [6, 6.07) is 14.5. The fourth-order valence-corrected chi connectivity index (χ4v) is 2.74. The number of para-hydroxylation sites is 1. The number of aryl methyl sites for hydroxylation is 1. The van der Waals surface area contributed by atoms with Crippen molar-refractivity contribution in [1.29, 1.82) is 0 Å². The van der Waals surface area contributed by atoms with Gasteiger partial charge in [-0.2, -0.15) is 0 Å². The van der Waals surface area contributed by atoms with E-state index in [4.69, 9.17) is 4.74 Å². The summed E-state index contributed by atoms with van der Waals surface area (Å²) >= 11 is 3.49. The van der Waals surface area contributed by atoms with E-state index in [1.165, 1.54) is 23.2 Å². The van der Waals surface area contributed by atoms with Gasteiger partial charge >= 0.3 is 0 Å². The number of nitrogens with one attached hydrogen (secondary N) is 1. The molecule has 3 heteroatoms. The summed E-state index contributed by atoms with van der Waals surface area (Å²) in [4.78, 5) is 0. The number of ether oxygens (including phenoxy) is 1. The average molecular weight is 318 g/mol. The minimum Gasteiger partial charge on any atom is -0.488 e. The van der Waals surface area contributed by atoms with Crippen LogP contribution < -0.4 is 10.1 Å². The normalized spacial score (nSPS) is 13.5. The molecule has 0 saturated carbocycles. The molecule has 0 atom stereocenters. The van der Waals surface area contributed by atoms with Gasteiger partial charge in [0.05, 0.1) is 4.47 Å². The molecule has 19 heavy (non-hydrogen) atoms. The lowest BCUT2D eigenvalue weighted by Gasteiger charge is -2.18. The van der Waals surface area contributed by atoms with Crippen molar-refractivity contribution in [2.45, 2.75) is 19.4 Å². The third kappa shape index (κ3) is 2.92. The van der Waals surface area contributed by atoms with Crippen LogP contribution in [-0.2, 0) is 13.0 Å². The monoisotopic (exact) mass is 317 g/mol. The van der Waals surface area contributed by atoms with E-state index in [1.807, 2.05) is 24.3 Å². The van der Waals surface area contributed by atoms with Crippen LogP contribution in [0.15, 0.2) is 46.9 Å². The van der Waals surface area contributed by atoms with Gasteiger partial charge in [-0.15, -0.1) is 0 Å². The molecule has 1 aliphatic rings. The summed E-state index contributed by atoms with van der Waals surface area (Å²) in [5.41, 5.74) is 3.90. The highest BCUT2D eigenvalue weighted by atomic mass is 79.9. The van der Waals surface area contributed by atoms with Crippen molar-refractivity contribution in [1.82, 2.24) is 0 Å². The SMILES string of the molecule is Brc1ccccc1OCc1ccc2c(c1)CCCN2. The highest BCUT2D eigenvalue weighted by Crippen LogP contribution is 2.26. The summed E-state index contributed by atoms with van der Waals surface area (Å²) in [5, 5.41) is 3.42. The molecule has 0 spiro atoms. The molecule has 0 bridgehead atoms. The minimum atomic E-state index is 0.607. The second kappa shape index (κ2) is 5.66. The molecule has 0 aromatic heterocycles. The molecule has 2 aromatic rings. The number of rotatable bonds is 3. The molecule has 2 nitrogen and oxygen atoms in total. The first-order valence-electron chi connectivity index (χ1n) is 6.56. The van der Waals surface area contributed by atoms with Crippen LogP contribution >= 0.6 is 15.9 Å². The van der Waals surface area contributed by atoms with Gasteiger partial charge in [0.25, 0.3) is 0 Å². The summed E-state index contributed by atoms with van der Waals surface area (Å²) < 4.78 is 6.84. The standard InChI is InChI=1S/C16H16BrNO/c17-14-5-1-2-6-16(14)19-11-12-7-8-15-13(10-12)4-3-9-18-15/h1-2,5-8,10,18H,3-4,9,11H2. The minimum absolute atomic E-state index is 0.607. The van der Waals surface area contributed by atoms with Gasteiger partial charge in [-0.25, -0.2) is 0 Å². The first-order valence-corrected chi connectivity index (χ1v) is 7.35. The third-order valence-corrected chi connectivity index (χ3v) is 3.99. The van der Waals surface area contributed by atoms with Crippen molar-refractivity contribution >= 4 is 21.6 Å². The number of halogens is 1. The Morgan fingerprint density at radius 1 is 1.16 bits per heavy atom. The van der Waals surface area contributed by atoms with Crippen LogP contribution in [0.1, 0.15) is 17.5 Å². The Morgan fingerprint density at radius 2 is 2.05 bits per heavy atom. The van der Waals surface area contributed by atoms with Gasteiger partial charge in [0, 0.05) is 12.2 Å². The smallest absolute Gasteiger partial charge is 0.133 e. The third-order valence-electron chi connectivity index (χ3n) is 3.34. The first-order chi connectivity index (χ1) is 9.33. The van der Waals surface area contributed by atoms with E-state index >= 15 is 0 Å². The van der Waals surface area contributed by atoms with E-state index in [9.17, 15) is 0 Å². The van der Waals surface area contributed by atoms with Gasteiger partial charge in [-0.05, 0) is 58.1 Å². The number of benzene rings is 2. The van der Waals surface area contributed by atoms with Crippen molar-refractivity contribution < 1.29 is 4.74 Å². The molecule has 0 saturated heterocycles. The zero-order valence-electron chi connectivity index (χ0n) is 10.7. The van der Waals surface area contributed by atoms with E-state index in [0.29, 0.717) is 6.61 Å². The topological polar surface area (TPSA) is 21.3 Å². The van der Waals surface area contributed by atoms with Crippen molar-refractivity contribution in [3.05, 3.63) is 58.1 Å². The van der Waals surface area contributed by atoms with Crippen LogP contribution in [0, 0.1) is 0 Å². The van der Waals surface area contributed by atoms with Crippen LogP contribution in [0.2, 0.25) is 0 Å². The van der Waals surface area contributed by atoms with Crippen molar-refractivity contribution in [3.63, 3.8) is 0 Å². The van der Waals surface area contributed by atoms with Crippen molar-refractivity contribution in [3.8, 4) is 5.75 Å². The van der Waals surface area contributed by atoms with Crippen LogP contribution in [-0.4, -0.2) is 6.54 Å². The average Bonchev–Trinajstić information content (AvgIpc) is 2.46. The lowest BCUT2D eigenvalue weighted by atomic mass is 10.0. The predicted molar refractivity (Wildman–Crippen MR) is 81.7 cm³/mol. The fourth-order valence-electron chi connectivity index (χ4n) is 2.34. The van der Waals surface area contributed by atoms with Crippen LogP contribution in [0.3, 0.4) is 0 Å². The van der Waals surface area contributed by atoms with Gasteiger partial charge in [0.15, 0.2) is 0 Å². The summed E-state index contributed by atoms with van der Waals surface area (Å²) in [6.07, 6.45) is 2.37. The van der Waals surface area contributed by atoms with Gasteiger partial charge in [-0.1, -0.05) is 24.3 Å². The van der Waals surface area contributed by atoms with Crippen LogP contribution in [0.5, 0.6) is 5.75 Å². The molecule has 0 unspecified atom stereocenters. The van der Waals surface area contributed by atoms with Crippen molar-refractivity contribution in [2.24, 2.45) is 0 Å². The van der Waals surface area contributed by atoms with E-state index in [1.54, 1.807) is 0 Å². The van der Waals surface area contributed by atoms with Gasteiger partial charge in [0.1, 0.15) is 12.4 Å². The Hall–Kier alpha value is -1.48. The molecule has 1 heterocycles. The number of hydrogen-bond acceptors (Lipinski definition) is 2.